The third-order valence-electron chi connectivity index (χ3n) is 3.47. The number of rotatable bonds is 10. The molecule has 0 nitrogen and oxygen atoms in total. The molecule has 0 amide bonds. The molecule has 0 saturated carbocycles. The van der Waals surface area contributed by atoms with Crippen LogP contribution in [0.25, 0.3) is 0 Å². The topological polar surface area (TPSA) is 0 Å². The predicted octanol–water partition coefficient (Wildman–Crippen LogP) is 5.53. The minimum atomic E-state index is -0.231. The van der Waals surface area contributed by atoms with Gasteiger partial charge in [0.05, 0.1) is 0 Å². The Balaban J connectivity index is 3.32. The molecule has 0 N–H and O–H groups in total. The Morgan fingerprint density at radius 2 is 1.31 bits per heavy atom. The van der Waals surface area contributed by atoms with Crippen LogP contribution in [0.4, 0.5) is 0 Å². The maximum absolute atomic E-state index is 5.87. The predicted molar refractivity (Wildman–Crippen MR) is 77.3 cm³/mol. The second-order valence-corrected chi connectivity index (χ2v) is 8.03. The molecule has 2 atom stereocenters. The molecule has 0 aliphatic carbocycles. The first-order chi connectivity index (χ1) is 7.56. The Bertz CT molecular complexity index is 148. The average molecular weight is 257 g/mol. The fourth-order valence-electron chi connectivity index (χ4n) is 2.16. The monoisotopic (exact) mass is 256 g/mol. The molecule has 2 unspecified atom stereocenters. The van der Waals surface area contributed by atoms with E-state index in [4.69, 9.17) is 9.07 Å². The minimum Gasteiger partial charge on any atom is -0.346 e. The van der Waals surface area contributed by atoms with Crippen molar-refractivity contribution in [3.8, 4) is 0 Å². The first-order valence-electron chi connectivity index (χ1n) is 7.12. The summed E-state index contributed by atoms with van der Waals surface area (Å²) in [6.45, 7) is 9.42. The quantitative estimate of drug-likeness (QED) is 0.451. The van der Waals surface area contributed by atoms with Crippen LogP contribution in [0.2, 0.25) is 4.55 Å². The summed E-state index contributed by atoms with van der Waals surface area (Å²) in [6, 6.07) is 0. The zero-order chi connectivity index (χ0) is 12.4. The molecule has 0 aromatic heterocycles. The average Bonchev–Trinajstić information content (AvgIpc) is 2.17. The van der Waals surface area contributed by atoms with Crippen molar-refractivity contribution in [2.24, 2.45) is 17.8 Å². The number of hydrogen-bond acceptors (Lipinski definition) is 0. The molecule has 0 bridgehead atoms. The summed E-state index contributed by atoms with van der Waals surface area (Å²) in [5.74, 6) is 2.69. The lowest BCUT2D eigenvalue weighted by Gasteiger charge is -2.14. The van der Waals surface area contributed by atoms with Crippen molar-refractivity contribution in [1.29, 1.82) is 0 Å². The molecule has 16 heavy (non-hydrogen) atoms. The second-order valence-electron chi connectivity index (χ2n) is 5.94. The van der Waals surface area contributed by atoms with Gasteiger partial charge >= 0.3 is 19.3 Å². The number of hydrogen-bond donors (Lipinski definition) is 0. The van der Waals surface area contributed by atoms with E-state index >= 15 is 0 Å². The van der Waals surface area contributed by atoms with Gasteiger partial charge in [-0.1, -0.05) is 72.1 Å². The molecule has 0 heterocycles. The van der Waals surface area contributed by atoms with Crippen molar-refractivity contribution in [3.05, 3.63) is 0 Å². The maximum atomic E-state index is 5.87. The summed E-state index contributed by atoms with van der Waals surface area (Å²) in [6.07, 6.45) is 8.48. The molecular weight excluding hydrogens is 228 g/mol. The molecule has 2 heteroatoms. The summed E-state index contributed by atoms with van der Waals surface area (Å²) in [7, 11) is 5.87. The molecule has 0 aliphatic heterocycles. The van der Waals surface area contributed by atoms with Crippen LogP contribution in [-0.4, -0.2) is 19.3 Å². The molecule has 0 fully saturated rings. The molecule has 0 aromatic carbocycles. The fraction of sp³-hybridized carbons (Fsp3) is 1.00. The van der Waals surface area contributed by atoms with Gasteiger partial charge in [0.15, 0.2) is 0 Å². The van der Waals surface area contributed by atoms with Gasteiger partial charge in [-0.3, -0.25) is 0 Å². The van der Waals surface area contributed by atoms with Gasteiger partial charge in [0, 0.05) is 0 Å². The highest BCUT2D eigenvalue weighted by molar-refractivity contribution is 6.93. The number of halogens is 1. The van der Waals surface area contributed by atoms with E-state index in [9.17, 15) is 0 Å². The van der Waals surface area contributed by atoms with E-state index < -0.39 is 0 Å². The fourth-order valence-corrected chi connectivity index (χ4v) is 3.94. The Morgan fingerprint density at radius 3 is 1.81 bits per heavy atom. The summed E-state index contributed by atoms with van der Waals surface area (Å²) in [4.78, 5) is 0. The Hall–Kier alpha value is 1.06. The van der Waals surface area contributed by atoms with E-state index in [1.54, 1.807) is 0 Å². The SMILES string of the molecule is CC(C)CCCC(C)CCCC(C)[CH2][Mg][Cl]. The smallest absolute Gasteiger partial charge is 0.346 e. The van der Waals surface area contributed by atoms with Crippen LogP contribution >= 0.6 is 9.07 Å². The van der Waals surface area contributed by atoms with Crippen molar-refractivity contribution < 1.29 is 0 Å². The maximum Gasteiger partial charge on any atom is 0.501 e. The molecule has 0 aliphatic rings. The van der Waals surface area contributed by atoms with Crippen LogP contribution in [0.3, 0.4) is 0 Å². The van der Waals surface area contributed by atoms with E-state index in [0.29, 0.717) is 0 Å². The highest BCUT2D eigenvalue weighted by atomic mass is 35.5. The van der Waals surface area contributed by atoms with E-state index in [0.717, 1.165) is 17.8 Å². The van der Waals surface area contributed by atoms with Crippen molar-refractivity contribution in [2.75, 3.05) is 0 Å². The summed E-state index contributed by atoms with van der Waals surface area (Å²) >= 11 is -0.231. The van der Waals surface area contributed by atoms with Crippen LogP contribution < -0.4 is 0 Å². The van der Waals surface area contributed by atoms with Crippen molar-refractivity contribution >= 4 is 28.3 Å². The zero-order valence-electron chi connectivity index (χ0n) is 11.8. The first-order valence-corrected chi connectivity index (χ1v) is 10.3. The third kappa shape index (κ3) is 11.5. The Morgan fingerprint density at radius 1 is 0.812 bits per heavy atom. The van der Waals surface area contributed by atoms with Gasteiger partial charge in [0.1, 0.15) is 0 Å². The van der Waals surface area contributed by atoms with Gasteiger partial charge in [-0.15, -0.1) is 4.55 Å². The molecule has 0 radical (unpaired) electrons. The van der Waals surface area contributed by atoms with Gasteiger partial charge in [-0.2, -0.15) is 0 Å². The van der Waals surface area contributed by atoms with Gasteiger partial charge in [-0.25, -0.2) is 0 Å². The van der Waals surface area contributed by atoms with Crippen LogP contribution in [0.15, 0.2) is 0 Å². The van der Waals surface area contributed by atoms with Crippen LogP contribution in [0.1, 0.15) is 66.2 Å². The van der Waals surface area contributed by atoms with E-state index in [1.165, 1.54) is 43.1 Å². The zero-order valence-corrected chi connectivity index (χ0v) is 13.9. The Kier molecular flexibility index (Phi) is 11.9. The van der Waals surface area contributed by atoms with E-state index in [2.05, 4.69) is 27.7 Å². The second kappa shape index (κ2) is 11.2. The standard InChI is InChI=1S/C14H29.ClH.Mg/c1-12(2)8-6-10-14(5)11-7-9-13(3)4;;/h12-14H,1,6-11H2,2-5H3;1H;/q;;+1/p-1. The molecule has 0 aromatic rings. The highest BCUT2D eigenvalue weighted by Crippen LogP contribution is 2.20. The lowest BCUT2D eigenvalue weighted by Crippen LogP contribution is -2.00. The summed E-state index contributed by atoms with van der Waals surface area (Å²) < 4.78 is 1.32. The first kappa shape index (κ1) is 17.1. The lowest BCUT2D eigenvalue weighted by atomic mass is 9.94. The van der Waals surface area contributed by atoms with Gasteiger partial charge in [0.25, 0.3) is 0 Å². The summed E-state index contributed by atoms with van der Waals surface area (Å²) in [5, 5.41) is 0. The third-order valence-corrected chi connectivity index (χ3v) is 5.33. The van der Waals surface area contributed by atoms with Gasteiger partial charge in [0.2, 0.25) is 0 Å². The largest absolute Gasteiger partial charge is 0.501 e. The van der Waals surface area contributed by atoms with Gasteiger partial charge in [-0.05, 0) is 11.8 Å². The van der Waals surface area contributed by atoms with E-state index in [-0.39, 0.29) is 19.3 Å². The lowest BCUT2D eigenvalue weighted by molar-refractivity contribution is 0.407. The molecule has 94 valence electrons. The van der Waals surface area contributed by atoms with Crippen molar-refractivity contribution in [1.82, 2.24) is 0 Å². The highest BCUT2D eigenvalue weighted by Gasteiger charge is 2.06. The molecule has 0 spiro atoms. The van der Waals surface area contributed by atoms with Crippen molar-refractivity contribution in [2.45, 2.75) is 70.8 Å². The molecular formula is C14H29ClMg. The molecule has 0 saturated heterocycles. The minimum absolute atomic E-state index is 0.231. The van der Waals surface area contributed by atoms with Crippen LogP contribution in [0.5, 0.6) is 0 Å². The van der Waals surface area contributed by atoms with Crippen LogP contribution in [-0.2, 0) is 0 Å². The van der Waals surface area contributed by atoms with Crippen LogP contribution in [0, 0.1) is 17.8 Å². The Labute approximate surface area is 116 Å². The summed E-state index contributed by atoms with van der Waals surface area (Å²) in [5.41, 5.74) is 0. The van der Waals surface area contributed by atoms with Gasteiger partial charge < -0.3 is 9.07 Å². The van der Waals surface area contributed by atoms with E-state index in [1.807, 2.05) is 0 Å². The molecule has 0 rings (SSSR count). The van der Waals surface area contributed by atoms with Crippen molar-refractivity contribution in [3.63, 3.8) is 0 Å². The normalized spacial score (nSPS) is 14.9.